The Balaban J connectivity index is 2.87. The molecular formula is C7H9NO6P2+2. The second kappa shape index (κ2) is 5.50. The van der Waals surface area contributed by atoms with Crippen LogP contribution in [-0.4, -0.2) is 25.4 Å². The molecule has 0 aliphatic heterocycles. The summed E-state index contributed by atoms with van der Waals surface area (Å²) < 4.78 is 25.5. The van der Waals surface area contributed by atoms with Crippen molar-refractivity contribution in [1.82, 2.24) is 4.98 Å². The van der Waals surface area contributed by atoms with Gasteiger partial charge in [0.1, 0.15) is 0 Å². The zero-order chi connectivity index (χ0) is 12.2. The molecule has 3 unspecified atom stereocenters. The van der Waals surface area contributed by atoms with Gasteiger partial charge in [0.25, 0.3) is 0 Å². The maximum absolute atomic E-state index is 10.9. The van der Waals surface area contributed by atoms with Gasteiger partial charge in [-0.15, -0.1) is 4.89 Å². The van der Waals surface area contributed by atoms with E-state index in [1.54, 1.807) is 6.07 Å². The van der Waals surface area contributed by atoms with Gasteiger partial charge in [-0.25, -0.2) is 0 Å². The van der Waals surface area contributed by atoms with E-state index in [2.05, 4.69) is 9.51 Å². The van der Waals surface area contributed by atoms with Crippen LogP contribution in [0.15, 0.2) is 24.5 Å². The largest absolute Gasteiger partial charge is 0.702 e. The molecule has 0 bridgehead atoms. The van der Waals surface area contributed by atoms with Gasteiger partial charge in [-0.3, -0.25) is 4.98 Å². The highest BCUT2D eigenvalue weighted by molar-refractivity contribution is 7.41. The van der Waals surface area contributed by atoms with Crippen molar-refractivity contribution in [2.24, 2.45) is 0 Å². The molecule has 9 heteroatoms. The first-order valence-corrected chi connectivity index (χ1v) is 6.41. The Morgan fingerprint density at radius 2 is 2.12 bits per heavy atom. The number of hydrogen-bond donors (Lipinski definition) is 3. The van der Waals surface area contributed by atoms with Crippen LogP contribution in [0, 0.1) is 0 Å². The van der Waals surface area contributed by atoms with E-state index in [0.717, 1.165) is 0 Å². The molecule has 0 spiro atoms. The smallest absolute Gasteiger partial charge is 0.320 e. The van der Waals surface area contributed by atoms with Gasteiger partial charge in [0.15, 0.2) is 0 Å². The highest BCUT2D eigenvalue weighted by atomic mass is 31.1. The van der Waals surface area contributed by atoms with Gasteiger partial charge in [0.05, 0.1) is 6.42 Å². The standard InChI is InChI=1S/C7H7NO6P2/c9-7(15(10)11,14-16(12)13)4-6-2-1-3-8-5-6/h1-3,5,9H,4H2/p+2. The van der Waals surface area contributed by atoms with E-state index in [9.17, 15) is 14.2 Å². The van der Waals surface area contributed by atoms with E-state index in [0.29, 0.717) is 5.56 Å². The summed E-state index contributed by atoms with van der Waals surface area (Å²) in [6.07, 6.45) is 2.42. The number of aliphatic hydroxyl groups is 1. The summed E-state index contributed by atoms with van der Waals surface area (Å²) in [5.74, 6) is 0. The third-order valence-corrected chi connectivity index (χ3v) is 3.13. The maximum atomic E-state index is 10.9. The Morgan fingerprint density at radius 3 is 2.56 bits per heavy atom. The fourth-order valence-corrected chi connectivity index (χ4v) is 2.15. The molecule has 16 heavy (non-hydrogen) atoms. The lowest BCUT2D eigenvalue weighted by Gasteiger charge is -2.07. The summed E-state index contributed by atoms with van der Waals surface area (Å²) in [6, 6.07) is 3.09. The molecule has 0 amide bonds. The Morgan fingerprint density at radius 1 is 1.44 bits per heavy atom. The molecule has 0 aliphatic rings. The predicted octanol–water partition coefficient (Wildman–Crippen LogP) is 0.671. The van der Waals surface area contributed by atoms with E-state index >= 15 is 0 Å². The first-order valence-electron chi connectivity index (χ1n) is 4.07. The second-order valence-corrected chi connectivity index (χ2v) is 4.79. The summed E-state index contributed by atoms with van der Waals surface area (Å²) in [4.78, 5) is 21.1. The molecule has 0 saturated heterocycles. The van der Waals surface area contributed by atoms with Crippen LogP contribution >= 0.6 is 16.3 Å². The van der Waals surface area contributed by atoms with E-state index in [1.165, 1.54) is 18.5 Å². The van der Waals surface area contributed by atoms with Crippen LogP contribution < -0.4 is 0 Å². The Labute approximate surface area is 92.5 Å². The predicted molar refractivity (Wildman–Crippen MR) is 53.6 cm³/mol. The molecule has 86 valence electrons. The Bertz CT molecular complexity index is 399. The first kappa shape index (κ1) is 13.3. The molecule has 3 atom stereocenters. The van der Waals surface area contributed by atoms with Gasteiger partial charge < -0.3 is 5.11 Å². The van der Waals surface area contributed by atoms with E-state index < -0.39 is 28.2 Å². The lowest BCUT2D eigenvalue weighted by Crippen LogP contribution is -2.28. The Hall–Kier alpha value is -0.810. The molecule has 3 N–H and O–H groups in total. The molecule has 0 aromatic carbocycles. The van der Waals surface area contributed by atoms with Crippen molar-refractivity contribution in [2.45, 2.75) is 11.9 Å². The number of rotatable bonds is 5. The molecule has 0 fully saturated rings. The molecular weight excluding hydrogens is 256 g/mol. The van der Waals surface area contributed by atoms with Gasteiger partial charge in [-0.1, -0.05) is 6.07 Å². The van der Waals surface area contributed by atoms with Gasteiger partial charge in [0, 0.05) is 17.0 Å². The first-order chi connectivity index (χ1) is 7.44. The van der Waals surface area contributed by atoms with Crippen molar-refractivity contribution in [3.8, 4) is 0 Å². The van der Waals surface area contributed by atoms with Crippen LogP contribution in [0.25, 0.3) is 0 Å². The highest BCUT2D eigenvalue weighted by Gasteiger charge is 2.57. The lowest BCUT2D eigenvalue weighted by molar-refractivity contribution is -0.0672. The molecule has 1 rings (SSSR count). The zero-order valence-corrected chi connectivity index (χ0v) is 9.71. The lowest BCUT2D eigenvalue weighted by atomic mass is 10.2. The van der Waals surface area contributed by atoms with Crippen LogP contribution in [-0.2, 0) is 20.1 Å². The van der Waals surface area contributed by atoms with Crippen molar-refractivity contribution in [3.05, 3.63) is 30.1 Å². The average molecular weight is 265 g/mol. The van der Waals surface area contributed by atoms with Crippen molar-refractivity contribution >= 4 is 16.3 Å². The molecule has 0 radical (unpaired) electrons. The van der Waals surface area contributed by atoms with Crippen LogP contribution in [0.1, 0.15) is 5.56 Å². The normalized spacial score (nSPS) is 16.4. The molecule has 0 saturated carbocycles. The van der Waals surface area contributed by atoms with Crippen LogP contribution in [0.2, 0.25) is 0 Å². The number of pyridine rings is 1. The summed E-state index contributed by atoms with van der Waals surface area (Å²) in [5, 5.41) is 9.58. The molecule has 1 heterocycles. The number of nitrogens with zero attached hydrogens (tertiary/aromatic N) is 1. The van der Waals surface area contributed by atoms with E-state index in [1.807, 2.05) is 0 Å². The van der Waals surface area contributed by atoms with Crippen molar-refractivity contribution < 1.29 is 28.5 Å². The minimum absolute atomic E-state index is 0.402. The number of hydrogen-bond acceptors (Lipinski definition) is 5. The van der Waals surface area contributed by atoms with Gasteiger partial charge >= 0.3 is 21.8 Å². The third kappa shape index (κ3) is 3.64. The van der Waals surface area contributed by atoms with Gasteiger partial charge in [0.2, 0.25) is 0 Å². The fraction of sp³-hybridized carbons (Fsp3) is 0.286. The summed E-state index contributed by atoms with van der Waals surface area (Å²) in [7, 11) is -6.37. The minimum atomic E-state index is -3.19. The topological polar surface area (TPSA) is 117 Å². The second-order valence-electron chi connectivity index (χ2n) is 2.88. The van der Waals surface area contributed by atoms with E-state index in [4.69, 9.17) is 9.79 Å². The van der Waals surface area contributed by atoms with Crippen molar-refractivity contribution in [3.63, 3.8) is 0 Å². The van der Waals surface area contributed by atoms with Gasteiger partial charge in [-0.2, -0.15) is 4.89 Å². The maximum Gasteiger partial charge on any atom is 0.702 e. The van der Waals surface area contributed by atoms with Crippen molar-refractivity contribution in [2.75, 3.05) is 0 Å². The minimum Gasteiger partial charge on any atom is -0.320 e. The zero-order valence-electron chi connectivity index (χ0n) is 7.92. The summed E-state index contributed by atoms with van der Waals surface area (Å²) in [5.41, 5.74) is -2.18. The Kier molecular flexibility index (Phi) is 4.56. The van der Waals surface area contributed by atoms with Crippen LogP contribution in [0.5, 0.6) is 0 Å². The molecule has 1 aromatic rings. The summed E-state index contributed by atoms with van der Waals surface area (Å²) >= 11 is 0. The highest BCUT2D eigenvalue weighted by Crippen LogP contribution is 2.42. The van der Waals surface area contributed by atoms with E-state index in [-0.39, 0.29) is 0 Å². The third-order valence-electron chi connectivity index (χ3n) is 1.68. The van der Waals surface area contributed by atoms with Crippen LogP contribution in [0.3, 0.4) is 0 Å². The van der Waals surface area contributed by atoms with Gasteiger partial charge in [-0.05, 0) is 20.7 Å². The summed E-state index contributed by atoms with van der Waals surface area (Å²) in [6.45, 7) is 0. The number of aromatic nitrogens is 1. The SMILES string of the molecule is O=[P+](O)OC(O)(Cc1cccnc1)[P+](=O)O. The van der Waals surface area contributed by atoms with Crippen molar-refractivity contribution in [1.29, 1.82) is 0 Å². The molecule has 1 aromatic heterocycles. The quantitative estimate of drug-likeness (QED) is 0.529. The van der Waals surface area contributed by atoms with Crippen LogP contribution in [0.4, 0.5) is 0 Å². The molecule has 0 aliphatic carbocycles. The monoisotopic (exact) mass is 265 g/mol. The fourth-order valence-electron chi connectivity index (χ4n) is 1.03. The molecule has 7 nitrogen and oxygen atoms in total. The average Bonchev–Trinajstić information content (AvgIpc) is 2.17.